The third kappa shape index (κ3) is 2.80. The Hall–Kier alpha value is -2.75. The van der Waals surface area contributed by atoms with Crippen molar-refractivity contribution in [2.75, 3.05) is 0 Å². The molecule has 0 bridgehead atoms. The lowest BCUT2D eigenvalue weighted by Gasteiger charge is -2.05. The molecule has 3 aromatic rings. The smallest absolute Gasteiger partial charge is 0.379 e. The van der Waals surface area contributed by atoms with Crippen molar-refractivity contribution >= 4 is 11.3 Å². The molecular formula is C13H10FN3O5S. The summed E-state index contributed by atoms with van der Waals surface area (Å²) >= 11 is -2.28. The van der Waals surface area contributed by atoms with Gasteiger partial charge in [-0.15, -0.1) is 3.97 Å². The van der Waals surface area contributed by atoms with Gasteiger partial charge in [-0.3, -0.25) is 4.52 Å². The number of aromatic nitrogens is 3. The second kappa shape index (κ2) is 5.80. The summed E-state index contributed by atoms with van der Waals surface area (Å²) in [7, 11) is 0. The average molecular weight is 339 g/mol. The van der Waals surface area contributed by atoms with Crippen LogP contribution in [0.1, 0.15) is 11.5 Å². The van der Waals surface area contributed by atoms with E-state index in [2.05, 4.69) is 14.8 Å². The summed E-state index contributed by atoms with van der Waals surface area (Å²) in [6.07, 6.45) is 0. The van der Waals surface area contributed by atoms with Crippen LogP contribution in [0.4, 0.5) is 4.39 Å². The van der Waals surface area contributed by atoms with E-state index in [0.29, 0.717) is 21.0 Å². The molecule has 0 saturated carbocycles. The van der Waals surface area contributed by atoms with Crippen molar-refractivity contribution in [3.8, 4) is 17.1 Å². The lowest BCUT2D eigenvalue weighted by Crippen LogP contribution is -2.23. The zero-order valence-corrected chi connectivity index (χ0v) is 12.8. The quantitative estimate of drug-likeness (QED) is 0.714. The Kier molecular flexibility index (Phi) is 3.82. The number of rotatable bonds is 4. The molecule has 2 aromatic heterocycles. The maximum Gasteiger partial charge on any atom is 0.456 e. The van der Waals surface area contributed by atoms with Crippen LogP contribution in [0.3, 0.4) is 0 Å². The molecule has 1 unspecified atom stereocenters. The van der Waals surface area contributed by atoms with E-state index in [0.717, 1.165) is 0 Å². The first-order valence-corrected chi connectivity index (χ1v) is 7.38. The van der Waals surface area contributed by atoms with E-state index in [9.17, 15) is 13.4 Å². The molecular weight excluding hydrogens is 329 g/mol. The lowest BCUT2D eigenvalue weighted by atomic mass is 10.2. The van der Waals surface area contributed by atoms with Gasteiger partial charge in [-0.05, 0) is 31.2 Å². The summed E-state index contributed by atoms with van der Waals surface area (Å²) in [5.74, 6) is -1.03. The summed E-state index contributed by atoms with van der Waals surface area (Å²) in [6, 6.07) is 5.10. The van der Waals surface area contributed by atoms with Gasteiger partial charge in [0.25, 0.3) is 0 Å². The molecule has 0 saturated heterocycles. The Balaban J connectivity index is 2.00. The van der Waals surface area contributed by atoms with Crippen LogP contribution in [0.15, 0.2) is 38.1 Å². The fourth-order valence-corrected chi connectivity index (χ4v) is 2.74. The van der Waals surface area contributed by atoms with Gasteiger partial charge >= 0.3 is 17.0 Å². The lowest BCUT2D eigenvalue weighted by molar-refractivity contribution is 0.383. The highest BCUT2D eigenvalue weighted by Crippen LogP contribution is 2.24. The van der Waals surface area contributed by atoms with E-state index >= 15 is 0 Å². The molecule has 0 aliphatic heterocycles. The molecule has 8 nitrogen and oxygen atoms in total. The van der Waals surface area contributed by atoms with Crippen molar-refractivity contribution < 1.29 is 21.8 Å². The summed E-state index contributed by atoms with van der Waals surface area (Å²) in [5.41, 5.74) is 0.719. The van der Waals surface area contributed by atoms with Crippen molar-refractivity contribution in [2.24, 2.45) is 0 Å². The fraction of sp³-hybridized carbons (Fsp3) is 0.154. The molecule has 1 atom stereocenters. The Morgan fingerprint density at radius 2 is 1.87 bits per heavy atom. The molecule has 2 heterocycles. The van der Waals surface area contributed by atoms with E-state index in [1.165, 1.54) is 24.3 Å². The largest absolute Gasteiger partial charge is 0.456 e. The van der Waals surface area contributed by atoms with Gasteiger partial charge in [0.05, 0.1) is 0 Å². The molecule has 10 heteroatoms. The van der Waals surface area contributed by atoms with Gasteiger partial charge in [-0.2, -0.15) is 4.21 Å². The van der Waals surface area contributed by atoms with Gasteiger partial charge in [-0.1, -0.05) is 10.3 Å². The summed E-state index contributed by atoms with van der Waals surface area (Å²) < 4.78 is 40.7. The monoisotopic (exact) mass is 339 g/mol. The molecule has 0 fully saturated rings. The maximum atomic E-state index is 13.0. The number of hydrogen-bond acceptors (Lipinski definition) is 7. The highest BCUT2D eigenvalue weighted by atomic mass is 32.2. The SMILES string of the molecule is Cc1noc(C)c1OS(=O)n1c(-c2ccc(F)cc2)noc1=O. The molecule has 3 rings (SSSR count). The van der Waals surface area contributed by atoms with Gasteiger partial charge in [0, 0.05) is 12.5 Å². The zero-order chi connectivity index (χ0) is 16.6. The minimum Gasteiger partial charge on any atom is -0.379 e. The standard InChI is InChI=1S/C13H10FN3O5S/c1-7-11(8(2)20-15-7)22-23(19)17-12(16-21-13(17)18)9-3-5-10(14)6-4-9/h3-6H,1-2H3. The fourth-order valence-electron chi connectivity index (χ4n) is 1.85. The van der Waals surface area contributed by atoms with Gasteiger partial charge < -0.3 is 8.71 Å². The van der Waals surface area contributed by atoms with Crippen LogP contribution < -0.4 is 9.94 Å². The van der Waals surface area contributed by atoms with Crippen molar-refractivity contribution in [1.29, 1.82) is 0 Å². The van der Waals surface area contributed by atoms with E-state index in [4.69, 9.17) is 8.71 Å². The van der Waals surface area contributed by atoms with Crippen LogP contribution in [-0.4, -0.2) is 18.5 Å². The Morgan fingerprint density at radius 1 is 1.17 bits per heavy atom. The summed E-state index contributed by atoms with van der Waals surface area (Å²) in [6.45, 7) is 3.17. The van der Waals surface area contributed by atoms with Crippen LogP contribution in [-0.2, 0) is 11.3 Å². The van der Waals surface area contributed by atoms with Gasteiger partial charge in [0.1, 0.15) is 11.5 Å². The Morgan fingerprint density at radius 3 is 2.48 bits per heavy atom. The minimum atomic E-state index is -2.28. The van der Waals surface area contributed by atoms with Crippen LogP contribution >= 0.6 is 0 Å². The molecule has 0 aliphatic carbocycles. The Bertz CT molecular complexity index is 908. The first kappa shape index (κ1) is 15.2. The van der Waals surface area contributed by atoms with Crippen LogP contribution in [0, 0.1) is 19.7 Å². The molecule has 0 N–H and O–H groups in total. The predicted molar refractivity (Wildman–Crippen MR) is 76.3 cm³/mol. The topological polar surface area (TPSA) is 100 Å². The molecule has 0 radical (unpaired) electrons. The summed E-state index contributed by atoms with van der Waals surface area (Å²) in [4.78, 5) is 11.8. The van der Waals surface area contributed by atoms with Crippen molar-refractivity contribution in [3.63, 3.8) is 0 Å². The maximum absolute atomic E-state index is 13.0. The molecule has 1 aromatic carbocycles. The average Bonchev–Trinajstić information content (AvgIpc) is 3.05. The third-order valence-corrected chi connectivity index (χ3v) is 3.87. The van der Waals surface area contributed by atoms with E-state index in [1.54, 1.807) is 13.8 Å². The second-order valence-electron chi connectivity index (χ2n) is 4.53. The van der Waals surface area contributed by atoms with Crippen molar-refractivity contribution in [3.05, 3.63) is 52.1 Å². The number of halogens is 1. The highest BCUT2D eigenvalue weighted by molar-refractivity contribution is 7.79. The van der Waals surface area contributed by atoms with Crippen LogP contribution in [0.2, 0.25) is 0 Å². The predicted octanol–water partition coefficient (Wildman–Crippen LogP) is 1.75. The van der Waals surface area contributed by atoms with Crippen LogP contribution in [0.5, 0.6) is 5.75 Å². The second-order valence-corrected chi connectivity index (χ2v) is 5.49. The molecule has 23 heavy (non-hydrogen) atoms. The third-order valence-electron chi connectivity index (χ3n) is 2.94. The number of benzene rings is 1. The number of nitrogens with zero attached hydrogens (tertiary/aromatic N) is 3. The normalized spacial score (nSPS) is 12.3. The first-order valence-electron chi connectivity index (χ1n) is 6.35. The first-order chi connectivity index (χ1) is 11.0. The molecule has 0 spiro atoms. The molecule has 120 valence electrons. The molecule has 0 amide bonds. The van der Waals surface area contributed by atoms with E-state index < -0.39 is 22.8 Å². The van der Waals surface area contributed by atoms with Crippen LogP contribution in [0.25, 0.3) is 11.4 Å². The Labute approximate surface area is 131 Å². The van der Waals surface area contributed by atoms with E-state index in [-0.39, 0.29) is 11.6 Å². The van der Waals surface area contributed by atoms with E-state index in [1.807, 2.05) is 0 Å². The minimum absolute atomic E-state index is 0.0555. The zero-order valence-electron chi connectivity index (χ0n) is 12.0. The van der Waals surface area contributed by atoms with Gasteiger partial charge in [-0.25, -0.2) is 9.18 Å². The van der Waals surface area contributed by atoms with Gasteiger partial charge in [0.15, 0.2) is 5.76 Å². The summed E-state index contributed by atoms with van der Waals surface area (Å²) in [5, 5.41) is 7.21. The highest BCUT2D eigenvalue weighted by Gasteiger charge is 2.22. The molecule has 0 aliphatic rings. The van der Waals surface area contributed by atoms with Crippen molar-refractivity contribution in [2.45, 2.75) is 13.8 Å². The number of aryl methyl sites for hydroxylation is 2. The van der Waals surface area contributed by atoms with Crippen molar-refractivity contribution in [1.82, 2.24) is 14.3 Å². The number of hydrogen-bond donors (Lipinski definition) is 0. The van der Waals surface area contributed by atoms with Gasteiger partial charge in [0.2, 0.25) is 11.6 Å².